The van der Waals surface area contributed by atoms with E-state index in [0.29, 0.717) is 37.3 Å². The molecule has 3 fully saturated rings. The Morgan fingerprint density at radius 3 is 2.45 bits per heavy atom. The zero-order valence-electron chi connectivity index (χ0n) is 32.9. The van der Waals surface area contributed by atoms with Gasteiger partial charge in [0.1, 0.15) is 12.3 Å². The molecule has 4 aliphatic heterocycles. The molecule has 0 saturated carbocycles. The van der Waals surface area contributed by atoms with Crippen LogP contribution >= 0.6 is 0 Å². The number of hydrogen-bond donors (Lipinski definition) is 3. The molecule has 2 amide bonds. The molecular formula is C44H47N11O3. The molecule has 3 saturated heterocycles. The fourth-order valence-corrected chi connectivity index (χ4v) is 9.16. The van der Waals surface area contributed by atoms with Crippen LogP contribution < -0.4 is 30.5 Å². The maximum Gasteiger partial charge on any atom is 0.237 e. The lowest BCUT2D eigenvalue weighted by molar-refractivity contribution is -0.134. The van der Waals surface area contributed by atoms with E-state index in [1.54, 1.807) is 0 Å². The van der Waals surface area contributed by atoms with Crippen LogP contribution in [0.1, 0.15) is 42.9 Å². The Labute approximate surface area is 336 Å². The number of anilines is 5. The van der Waals surface area contributed by atoms with Gasteiger partial charge in [-0.05, 0) is 85.8 Å². The number of benzene rings is 3. The highest BCUT2D eigenvalue weighted by Gasteiger charge is 2.32. The van der Waals surface area contributed by atoms with Crippen molar-refractivity contribution in [3.63, 3.8) is 0 Å². The molecule has 3 aromatic carbocycles. The summed E-state index contributed by atoms with van der Waals surface area (Å²) in [5.41, 5.74) is 10.2. The van der Waals surface area contributed by atoms with Gasteiger partial charge in [0, 0.05) is 111 Å². The van der Waals surface area contributed by atoms with Crippen LogP contribution in [-0.2, 0) is 16.6 Å². The SMILES string of the molecule is Cc1c(-c2ccc3cnc(Nc4ccc(N5CCC(N6CCN(c7ccc8c(C9CCC(=O)NC9=O)nn(C)c8c7)CC6)CC5)cc4)nc3c2)cnc2c1NCCO2. The number of imide groups is 1. The van der Waals surface area contributed by atoms with E-state index < -0.39 is 5.92 Å². The van der Waals surface area contributed by atoms with Crippen LogP contribution in [0, 0.1) is 6.92 Å². The lowest BCUT2D eigenvalue weighted by Crippen LogP contribution is -2.53. The Balaban J connectivity index is 0.733. The summed E-state index contributed by atoms with van der Waals surface area (Å²) in [6.45, 7) is 9.56. The van der Waals surface area contributed by atoms with E-state index in [1.807, 2.05) is 24.1 Å². The van der Waals surface area contributed by atoms with E-state index in [0.717, 1.165) is 114 Å². The molecule has 0 radical (unpaired) electrons. The van der Waals surface area contributed by atoms with Gasteiger partial charge in [-0.1, -0.05) is 12.1 Å². The molecule has 0 bridgehead atoms. The zero-order chi connectivity index (χ0) is 39.3. The number of fused-ring (bicyclic) bond motifs is 3. The van der Waals surface area contributed by atoms with E-state index in [9.17, 15) is 9.59 Å². The van der Waals surface area contributed by atoms with Gasteiger partial charge in [0.05, 0.1) is 22.6 Å². The van der Waals surface area contributed by atoms with E-state index in [2.05, 4.69) is 108 Å². The second-order valence-corrected chi connectivity index (χ2v) is 15.8. The molecule has 3 aromatic heterocycles. The number of nitrogens with zero attached hydrogens (tertiary/aromatic N) is 8. The molecule has 10 rings (SSSR count). The van der Waals surface area contributed by atoms with Crippen LogP contribution in [0.5, 0.6) is 5.88 Å². The fourth-order valence-electron chi connectivity index (χ4n) is 9.16. The van der Waals surface area contributed by atoms with Gasteiger partial charge in [-0.25, -0.2) is 15.0 Å². The highest BCUT2D eigenvalue weighted by Crippen LogP contribution is 2.37. The quantitative estimate of drug-likeness (QED) is 0.170. The van der Waals surface area contributed by atoms with Crippen molar-refractivity contribution < 1.29 is 14.3 Å². The molecule has 1 unspecified atom stereocenters. The van der Waals surface area contributed by atoms with Gasteiger partial charge >= 0.3 is 0 Å². The van der Waals surface area contributed by atoms with Crippen molar-refractivity contribution in [1.29, 1.82) is 0 Å². The number of aryl methyl sites for hydroxylation is 1. The number of rotatable bonds is 7. The van der Waals surface area contributed by atoms with Crippen molar-refractivity contribution in [3.05, 3.63) is 84.3 Å². The summed E-state index contributed by atoms with van der Waals surface area (Å²) in [7, 11) is 1.93. The number of amides is 2. The van der Waals surface area contributed by atoms with Crippen molar-refractivity contribution in [2.75, 3.05) is 72.9 Å². The summed E-state index contributed by atoms with van der Waals surface area (Å²) in [5, 5.41) is 16.0. The number of piperazine rings is 1. The number of carbonyl (C=O) groups excluding carboxylic acids is 2. The Kier molecular flexibility index (Phi) is 9.27. The van der Waals surface area contributed by atoms with E-state index >= 15 is 0 Å². The number of pyridine rings is 1. The number of piperidine rings is 2. The maximum atomic E-state index is 12.6. The molecule has 296 valence electrons. The van der Waals surface area contributed by atoms with Crippen molar-refractivity contribution in [2.45, 2.75) is 44.6 Å². The Bertz CT molecular complexity index is 2540. The van der Waals surface area contributed by atoms with Gasteiger partial charge < -0.3 is 25.2 Å². The maximum absolute atomic E-state index is 12.6. The molecule has 0 spiro atoms. The first kappa shape index (κ1) is 36.1. The molecule has 58 heavy (non-hydrogen) atoms. The second-order valence-electron chi connectivity index (χ2n) is 15.8. The van der Waals surface area contributed by atoms with Gasteiger partial charge in [-0.15, -0.1) is 0 Å². The standard InChI is InChI=1S/C44H47N11O3/c1-27-36(26-46-43-40(27)45-15-22-58-43)28-3-4-29-25-47-44(49-37(29)23-28)48-30-5-7-31(8-6-30)53-16-13-32(14-17-53)54-18-20-55(21-19-54)33-9-10-34-38(24-33)52(2)51-41(34)35-11-12-39(56)50-42(35)57/h3-10,23-26,32,35,45H,11-22H2,1-2H3,(H,47,48,49)(H,50,56,57). The summed E-state index contributed by atoms with van der Waals surface area (Å²) in [4.78, 5) is 45.9. The van der Waals surface area contributed by atoms with Gasteiger partial charge in [0.25, 0.3) is 0 Å². The highest BCUT2D eigenvalue weighted by molar-refractivity contribution is 6.02. The van der Waals surface area contributed by atoms with E-state index in [4.69, 9.17) is 14.8 Å². The minimum Gasteiger partial charge on any atom is -0.474 e. The summed E-state index contributed by atoms with van der Waals surface area (Å²) in [5.74, 6) is 0.369. The predicted molar refractivity (Wildman–Crippen MR) is 226 cm³/mol. The first-order valence-corrected chi connectivity index (χ1v) is 20.4. The molecule has 1 atom stereocenters. The Morgan fingerprint density at radius 2 is 1.64 bits per heavy atom. The number of carbonyl (C=O) groups is 2. The molecule has 6 aromatic rings. The van der Waals surface area contributed by atoms with Gasteiger partial charge in [-0.2, -0.15) is 5.10 Å². The van der Waals surface area contributed by atoms with Gasteiger partial charge in [-0.3, -0.25) is 24.5 Å². The largest absolute Gasteiger partial charge is 0.474 e. The number of ether oxygens (including phenoxy) is 1. The molecule has 3 N–H and O–H groups in total. The van der Waals surface area contributed by atoms with E-state index in [1.165, 1.54) is 11.4 Å². The predicted octanol–water partition coefficient (Wildman–Crippen LogP) is 5.75. The minimum atomic E-state index is -0.394. The van der Waals surface area contributed by atoms with Gasteiger partial charge in [0.2, 0.25) is 23.6 Å². The number of hydrogen-bond acceptors (Lipinski definition) is 12. The molecule has 7 heterocycles. The summed E-state index contributed by atoms with van der Waals surface area (Å²) in [6.07, 6.45) is 6.87. The number of aromatic nitrogens is 5. The smallest absolute Gasteiger partial charge is 0.237 e. The molecule has 0 aliphatic carbocycles. The second kappa shape index (κ2) is 14.9. The monoisotopic (exact) mass is 777 g/mol. The molecule has 4 aliphatic rings. The average Bonchev–Trinajstić information content (AvgIpc) is 3.59. The van der Waals surface area contributed by atoms with Crippen LogP contribution in [0.3, 0.4) is 0 Å². The van der Waals surface area contributed by atoms with Crippen molar-refractivity contribution >= 4 is 62.3 Å². The summed E-state index contributed by atoms with van der Waals surface area (Å²) in [6, 6.07) is 21.9. The summed E-state index contributed by atoms with van der Waals surface area (Å²) < 4.78 is 7.59. The minimum absolute atomic E-state index is 0.207. The number of nitrogens with one attached hydrogen (secondary N) is 3. The highest BCUT2D eigenvalue weighted by atomic mass is 16.5. The normalized spacial score (nSPS) is 19.2. The van der Waals surface area contributed by atoms with Crippen molar-refractivity contribution in [1.82, 2.24) is 34.9 Å². The third-order valence-corrected chi connectivity index (χ3v) is 12.4. The zero-order valence-corrected chi connectivity index (χ0v) is 32.9. The van der Waals surface area contributed by atoms with Crippen LogP contribution in [0.4, 0.5) is 28.7 Å². The van der Waals surface area contributed by atoms with Crippen LogP contribution in [0.25, 0.3) is 32.9 Å². The van der Waals surface area contributed by atoms with Gasteiger partial charge in [0.15, 0.2) is 0 Å². The topological polar surface area (TPSA) is 146 Å². The Hall–Kier alpha value is -6.28. The Morgan fingerprint density at radius 1 is 0.845 bits per heavy atom. The van der Waals surface area contributed by atoms with Crippen LogP contribution in [-0.4, -0.2) is 99.9 Å². The van der Waals surface area contributed by atoms with E-state index in [-0.39, 0.29) is 11.8 Å². The molecule has 14 heteroatoms. The van der Waals surface area contributed by atoms with Crippen LogP contribution in [0.2, 0.25) is 0 Å². The lowest BCUT2D eigenvalue weighted by Gasteiger charge is -2.43. The fraction of sp³-hybridized carbons (Fsp3) is 0.364. The molecular weight excluding hydrogens is 731 g/mol. The first-order chi connectivity index (χ1) is 28.3. The van der Waals surface area contributed by atoms with Crippen molar-refractivity contribution in [3.8, 4) is 17.0 Å². The third kappa shape index (κ3) is 6.80. The third-order valence-electron chi connectivity index (χ3n) is 12.4. The van der Waals surface area contributed by atoms with Crippen LogP contribution in [0.15, 0.2) is 73.1 Å². The average molecular weight is 778 g/mol. The van der Waals surface area contributed by atoms with Crippen molar-refractivity contribution in [2.24, 2.45) is 7.05 Å². The lowest BCUT2D eigenvalue weighted by atomic mass is 9.93. The summed E-state index contributed by atoms with van der Waals surface area (Å²) >= 11 is 0. The molecule has 14 nitrogen and oxygen atoms in total. The first-order valence-electron chi connectivity index (χ1n) is 20.4.